The number of hydrogen-bond donors (Lipinski definition) is 2. The molecule has 0 spiro atoms. The van der Waals surface area contributed by atoms with Gasteiger partial charge in [-0.2, -0.15) is 4.91 Å². The summed E-state index contributed by atoms with van der Waals surface area (Å²) in [4.78, 5) is 12.7. The lowest BCUT2D eigenvalue weighted by Gasteiger charge is -2.23. The van der Waals surface area contributed by atoms with Gasteiger partial charge in [0.15, 0.2) is 0 Å². The van der Waals surface area contributed by atoms with Crippen molar-refractivity contribution in [2.75, 3.05) is 25.5 Å². The molecule has 0 fully saturated rings. The van der Waals surface area contributed by atoms with Crippen LogP contribution in [0.2, 0.25) is 0 Å². The number of fused-ring (bicyclic) bond motifs is 1. The van der Waals surface area contributed by atoms with Crippen molar-refractivity contribution in [3.8, 4) is 17.2 Å². The van der Waals surface area contributed by atoms with Crippen LogP contribution in [0.15, 0.2) is 40.4 Å². The van der Waals surface area contributed by atoms with Crippen LogP contribution in [0, 0.1) is 4.91 Å². The van der Waals surface area contributed by atoms with Gasteiger partial charge >= 0.3 is 0 Å². The van der Waals surface area contributed by atoms with Crippen LogP contribution in [0.5, 0.6) is 11.5 Å². The predicted octanol–water partition coefficient (Wildman–Crippen LogP) is 4.04. The van der Waals surface area contributed by atoms with Gasteiger partial charge in [0, 0.05) is 28.7 Å². The Bertz CT molecular complexity index is 1030. The fraction of sp³-hybridized carbons (Fsp3) is 0.429. The van der Waals surface area contributed by atoms with E-state index in [9.17, 15) is 10.0 Å². The lowest BCUT2D eigenvalue weighted by Crippen LogP contribution is -2.14. The van der Waals surface area contributed by atoms with Crippen LogP contribution >= 0.6 is 11.8 Å². The van der Waals surface area contributed by atoms with Gasteiger partial charge in [-0.15, -0.1) is 26.8 Å². The van der Waals surface area contributed by atoms with Crippen LogP contribution in [0.1, 0.15) is 32.8 Å². The number of ether oxygens (including phenoxy) is 1. The number of phenolic OH excluding ortho intramolecular Hbond substituents is 1. The molecule has 160 valence electrons. The van der Waals surface area contributed by atoms with E-state index in [1.54, 1.807) is 12.1 Å². The molecule has 30 heavy (non-hydrogen) atoms. The number of phenols is 1. The number of rotatable bonds is 9. The molecule has 0 aliphatic heterocycles. The van der Waals surface area contributed by atoms with Crippen molar-refractivity contribution in [3.63, 3.8) is 0 Å². The highest BCUT2D eigenvalue weighted by atomic mass is 32.2. The Morgan fingerprint density at radius 2 is 1.93 bits per heavy atom. The predicted molar refractivity (Wildman–Crippen MR) is 118 cm³/mol. The van der Waals surface area contributed by atoms with Crippen molar-refractivity contribution in [2.45, 2.75) is 37.5 Å². The monoisotopic (exact) mass is 430 g/mol. The summed E-state index contributed by atoms with van der Waals surface area (Å²) in [5.41, 5.74) is 2.20. The second kappa shape index (κ2) is 9.44. The van der Waals surface area contributed by atoms with Gasteiger partial charge in [0.25, 0.3) is 0 Å². The average Bonchev–Trinajstić information content (AvgIpc) is 3.12. The normalized spacial score (nSPS) is 11.7. The van der Waals surface area contributed by atoms with Crippen LogP contribution in [0.3, 0.4) is 0 Å². The minimum atomic E-state index is -0.330. The van der Waals surface area contributed by atoms with Crippen LogP contribution in [-0.2, 0) is 5.41 Å². The topological polar surface area (TPSA) is 110 Å². The smallest absolute Gasteiger partial charge is 0.147 e. The van der Waals surface area contributed by atoms with Gasteiger partial charge in [-0.25, -0.2) is 0 Å². The number of nitroso groups, excluding NO2 is 1. The molecular weight excluding hydrogens is 404 g/mol. The van der Waals surface area contributed by atoms with E-state index in [1.165, 1.54) is 16.6 Å². The summed E-state index contributed by atoms with van der Waals surface area (Å²) in [5.74, 6) is 1.27. The molecule has 0 atom stereocenters. The maximum atomic E-state index is 11.0. The highest BCUT2D eigenvalue weighted by Gasteiger charge is 2.24. The molecule has 9 heteroatoms. The van der Waals surface area contributed by atoms with Gasteiger partial charge in [-0.1, -0.05) is 25.9 Å². The second-order valence-electron chi connectivity index (χ2n) is 7.86. The molecule has 0 amide bonds. The van der Waals surface area contributed by atoms with Crippen LogP contribution in [-0.4, -0.2) is 50.7 Å². The van der Waals surface area contributed by atoms with Crippen LogP contribution in [0.25, 0.3) is 16.7 Å². The molecule has 8 nitrogen and oxygen atoms in total. The summed E-state index contributed by atoms with van der Waals surface area (Å²) in [6.07, 6.45) is 0.517. The molecule has 0 aliphatic rings. The summed E-state index contributed by atoms with van der Waals surface area (Å²) >= 11 is 1.54. The lowest BCUT2D eigenvalue weighted by atomic mass is 9.86. The number of aliphatic hydroxyl groups excluding tert-OH is 1. The Kier molecular flexibility index (Phi) is 6.94. The third-order valence-electron chi connectivity index (χ3n) is 4.46. The van der Waals surface area contributed by atoms with E-state index in [0.717, 1.165) is 4.90 Å². The first kappa shape index (κ1) is 22.0. The van der Waals surface area contributed by atoms with E-state index in [1.807, 2.05) is 39.0 Å². The van der Waals surface area contributed by atoms with Gasteiger partial charge in [-0.3, -0.25) is 0 Å². The molecule has 0 saturated carbocycles. The third-order valence-corrected chi connectivity index (χ3v) is 5.44. The molecule has 0 bridgehead atoms. The number of nitrogens with zero attached hydrogens (tertiary/aromatic N) is 4. The number of thioether (sulfide) groups is 1. The summed E-state index contributed by atoms with van der Waals surface area (Å²) in [7, 11) is 0. The molecule has 1 aromatic heterocycles. The number of aromatic nitrogens is 3. The maximum absolute atomic E-state index is 11.0. The molecular formula is C21H26N4O4S. The Morgan fingerprint density at radius 3 is 2.63 bits per heavy atom. The van der Waals surface area contributed by atoms with Gasteiger partial charge in [0.2, 0.25) is 0 Å². The highest BCUT2D eigenvalue weighted by Crippen LogP contribution is 2.38. The Labute approximate surface area is 179 Å². The molecule has 0 radical (unpaired) electrons. The number of aromatic hydroxyl groups is 1. The minimum absolute atomic E-state index is 0.0968. The van der Waals surface area contributed by atoms with E-state index < -0.39 is 0 Å². The maximum Gasteiger partial charge on any atom is 0.147 e. The highest BCUT2D eigenvalue weighted by molar-refractivity contribution is 7.99. The van der Waals surface area contributed by atoms with E-state index in [-0.39, 0.29) is 24.3 Å². The van der Waals surface area contributed by atoms with Gasteiger partial charge in [-0.05, 0) is 29.7 Å². The largest absolute Gasteiger partial charge is 0.505 e. The fourth-order valence-corrected chi connectivity index (χ4v) is 3.66. The Hall–Kier alpha value is -2.65. The van der Waals surface area contributed by atoms with Crippen molar-refractivity contribution >= 4 is 22.8 Å². The SMILES string of the molecule is CC(C)(C)c1cc(OCCCN=O)cc(-n2nc3ccc(SCCO)cc3n2)c1O. The van der Waals surface area contributed by atoms with E-state index in [2.05, 4.69) is 15.4 Å². The van der Waals surface area contributed by atoms with E-state index in [0.29, 0.717) is 46.8 Å². The zero-order valence-corrected chi connectivity index (χ0v) is 18.1. The van der Waals surface area contributed by atoms with Crippen molar-refractivity contribution in [2.24, 2.45) is 5.18 Å². The first-order valence-corrected chi connectivity index (χ1v) is 10.7. The summed E-state index contributed by atoms with van der Waals surface area (Å²) in [5, 5.41) is 31.9. The molecule has 1 heterocycles. The number of hydrogen-bond acceptors (Lipinski definition) is 8. The van der Waals surface area contributed by atoms with E-state index >= 15 is 0 Å². The molecule has 3 aromatic rings. The summed E-state index contributed by atoms with van der Waals surface area (Å²) in [6, 6.07) is 9.21. The minimum Gasteiger partial charge on any atom is -0.505 e. The van der Waals surface area contributed by atoms with Crippen LogP contribution < -0.4 is 4.74 Å². The van der Waals surface area contributed by atoms with E-state index in [4.69, 9.17) is 9.84 Å². The molecule has 0 saturated heterocycles. The van der Waals surface area contributed by atoms with Gasteiger partial charge < -0.3 is 14.9 Å². The average molecular weight is 431 g/mol. The first-order chi connectivity index (χ1) is 14.3. The quantitative estimate of drug-likeness (QED) is 0.299. The van der Waals surface area contributed by atoms with Gasteiger partial charge in [0.1, 0.15) is 28.2 Å². The number of aliphatic hydroxyl groups is 1. The standard InChI is InChI=1S/C21H26N4O4S/c1-21(2,3)16-11-14(29-9-4-7-22-28)12-19(20(16)27)25-23-17-6-5-15(30-10-8-26)13-18(17)24-25/h5-6,11-13,26-27H,4,7-10H2,1-3H3. The summed E-state index contributed by atoms with van der Waals surface area (Å²) < 4.78 is 5.79. The summed E-state index contributed by atoms with van der Waals surface area (Å²) in [6.45, 7) is 6.66. The molecule has 0 unspecified atom stereocenters. The second-order valence-corrected chi connectivity index (χ2v) is 9.02. The molecule has 2 N–H and O–H groups in total. The lowest BCUT2D eigenvalue weighted by molar-refractivity contribution is 0.311. The number of benzene rings is 2. The zero-order chi connectivity index (χ0) is 21.7. The molecule has 0 aliphatic carbocycles. The van der Waals surface area contributed by atoms with Crippen molar-refractivity contribution in [1.82, 2.24) is 15.0 Å². The zero-order valence-electron chi connectivity index (χ0n) is 17.3. The Balaban J connectivity index is 2.01. The fourth-order valence-electron chi connectivity index (χ4n) is 2.98. The molecule has 3 rings (SSSR count). The first-order valence-electron chi connectivity index (χ1n) is 9.74. The van der Waals surface area contributed by atoms with Crippen LogP contribution in [0.4, 0.5) is 0 Å². The Morgan fingerprint density at radius 1 is 1.17 bits per heavy atom. The van der Waals surface area contributed by atoms with Crippen molar-refractivity contribution in [1.29, 1.82) is 0 Å². The van der Waals surface area contributed by atoms with Crippen molar-refractivity contribution in [3.05, 3.63) is 40.8 Å². The molecule has 2 aromatic carbocycles. The van der Waals surface area contributed by atoms with Gasteiger partial charge in [0.05, 0.1) is 19.8 Å². The third kappa shape index (κ3) is 5.09. The van der Waals surface area contributed by atoms with Crippen molar-refractivity contribution < 1.29 is 14.9 Å².